The second-order valence-corrected chi connectivity index (χ2v) is 7.14. The van der Waals surface area contributed by atoms with Crippen molar-refractivity contribution in [2.24, 2.45) is 0 Å². The van der Waals surface area contributed by atoms with Gasteiger partial charge in [-0.05, 0) is 24.3 Å². The van der Waals surface area contributed by atoms with E-state index in [1.54, 1.807) is 11.3 Å². The van der Waals surface area contributed by atoms with Crippen LogP contribution in [-0.4, -0.2) is 11.7 Å². The number of Topliss-reactive ketones (excluding diaryl/α,β-unsaturated/α-hetero) is 1. The van der Waals surface area contributed by atoms with Gasteiger partial charge in [0, 0.05) is 23.3 Å². The Kier molecular flexibility index (Phi) is 7.64. The molecular formula is C18H27NO2S. The highest BCUT2D eigenvalue weighted by molar-refractivity contribution is 7.10. The molecule has 0 aliphatic carbocycles. The Bertz CT molecular complexity index is 481. The number of amides is 1. The highest BCUT2D eigenvalue weighted by Gasteiger charge is 2.13. The molecule has 0 spiro atoms. The lowest BCUT2D eigenvalue weighted by atomic mass is 10.0. The number of ketones is 1. The fraction of sp³-hybridized carbons (Fsp3) is 0.667. The largest absolute Gasteiger partial charge is 0.351 e. The van der Waals surface area contributed by atoms with Crippen LogP contribution in [-0.2, 0) is 11.3 Å². The Morgan fingerprint density at radius 2 is 1.41 bits per heavy atom. The lowest BCUT2D eigenvalue weighted by molar-refractivity contribution is -0.121. The summed E-state index contributed by atoms with van der Waals surface area (Å²) in [7, 11) is 0. The van der Waals surface area contributed by atoms with Crippen LogP contribution >= 0.6 is 11.3 Å². The van der Waals surface area contributed by atoms with Gasteiger partial charge < -0.3 is 5.32 Å². The molecule has 1 aliphatic rings. The van der Waals surface area contributed by atoms with Crippen molar-refractivity contribution >= 4 is 23.0 Å². The van der Waals surface area contributed by atoms with E-state index < -0.39 is 0 Å². The van der Waals surface area contributed by atoms with E-state index in [2.05, 4.69) is 5.32 Å². The van der Waals surface area contributed by atoms with Crippen LogP contribution in [0.3, 0.4) is 0 Å². The highest BCUT2D eigenvalue weighted by Crippen LogP contribution is 2.20. The van der Waals surface area contributed by atoms with Crippen molar-refractivity contribution in [2.45, 2.75) is 77.2 Å². The summed E-state index contributed by atoms with van der Waals surface area (Å²) in [4.78, 5) is 25.1. The number of rotatable bonds is 0. The molecule has 22 heavy (non-hydrogen) atoms. The maximum absolute atomic E-state index is 12.3. The predicted octanol–water partition coefficient (Wildman–Crippen LogP) is 4.85. The predicted molar refractivity (Wildman–Crippen MR) is 91.3 cm³/mol. The summed E-state index contributed by atoms with van der Waals surface area (Å²) in [5.74, 6) is 0.339. The zero-order chi connectivity index (χ0) is 15.6. The second kappa shape index (κ2) is 9.78. The number of carbonyl (C=O) groups is 2. The van der Waals surface area contributed by atoms with Crippen LogP contribution < -0.4 is 5.32 Å². The molecule has 1 aliphatic heterocycles. The first kappa shape index (κ1) is 17.2. The summed E-state index contributed by atoms with van der Waals surface area (Å²) in [5, 5.41) is 4.91. The van der Waals surface area contributed by atoms with Crippen molar-refractivity contribution in [3.63, 3.8) is 0 Å². The SMILES string of the molecule is O=C1CCCCCCCCCCCC(=O)c2ccsc2CN1. The normalized spacial score (nSPS) is 20.0. The maximum atomic E-state index is 12.3. The van der Waals surface area contributed by atoms with Crippen molar-refractivity contribution < 1.29 is 9.59 Å². The smallest absolute Gasteiger partial charge is 0.220 e. The molecule has 0 saturated carbocycles. The third kappa shape index (κ3) is 5.91. The van der Waals surface area contributed by atoms with E-state index in [4.69, 9.17) is 0 Å². The van der Waals surface area contributed by atoms with Gasteiger partial charge in [-0.2, -0.15) is 0 Å². The summed E-state index contributed by atoms with van der Waals surface area (Å²) < 4.78 is 0. The van der Waals surface area contributed by atoms with E-state index in [-0.39, 0.29) is 11.7 Å². The van der Waals surface area contributed by atoms with E-state index in [1.807, 2.05) is 11.4 Å². The molecule has 0 saturated heterocycles. The van der Waals surface area contributed by atoms with Crippen LogP contribution in [0, 0.1) is 0 Å². The van der Waals surface area contributed by atoms with E-state index >= 15 is 0 Å². The third-order valence-electron chi connectivity index (χ3n) is 4.30. The fourth-order valence-electron chi connectivity index (χ4n) is 2.94. The first-order valence-electron chi connectivity index (χ1n) is 8.63. The summed E-state index contributed by atoms with van der Waals surface area (Å²) in [5.41, 5.74) is 0.814. The lowest BCUT2D eigenvalue weighted by Gasteiger charge is -2.06. The van der Waals surface area contributed by atoms with Crippen LogP contribution in [0.25, 0.3) is 0 Å². The zero-order valence-corrected chi connectivity index (χ0v) is 14.2. The summed E-state index contributed by atoms with van der Waals surface area (Å²) >= 11 is 1.57. The first-order chi connectivity index (χ1) is 10.8. The molecule has 0 unspecified atom stereocenters. The van der Waals surface area contributed by atoms with Crippen LogP contribution in [0.15, 0.2) is 11.4 Å². The van der Waals surface area contributed by atoms with Gasteiger partial charge in [0.2, 0.25) is 5.91 Å². The van der Waals surface area contributed by atoms with Crippen LogP contribution in [0.5, 0.6) is 0 Å². The average Bonchev–Trinajstić information content (AvgIpc) is 2.98. The summed E-state index contributed by atoms with van der Waals surface area (Å²) in [6.07, 6.45) is 11.8. The molecule has 4 heteroatoms. The standard InChI is InChI=1S/C18H27NO2S/c20-16-10-8-6-4-2-1-3-5-7-9-11-18(21)19-14-17-15(16)12-13-22-17/h12-13H,1-11,14H2,(H,19,21). The van der Waals surface area contributed by atoms with Gasteiger partial charge in [0.15, 0.2) is 5.78 Å². The molecule has 0 fully saturated rings. The molecule has 3 nitrogen and oxygen atoms in total. The van der Waals surface area contributed by atoms with E-state index in [9.17, 15) is 9.59 Å². The van der Waals surface area contributed by atoms with Crippen LogP contribution in [0.4, 0.5) is 0 Å². The maximum Gasteiger partial charge on any atom is 0.220 e. The summed E-state index contributed by atoms with van der Waals surface area (Å²) in [6, 6.07) is 1.91. The molecule has 0 bridgehead atoms. The quantitative estimate of drug-likeness (QED) is 0.742. The van der Waals surface area contributed by atoms with Gasteiger partial charge in [-0.25, -0.2) is 0 Å². The van der Waals surface area contributed by atoms with E-state index in [1.165, 1.54) is 32.1 Å². The molecule has 1 aromatic heterocycles. The first-order valence-corrected chi connectivity index (χ1v) is 9.51. The monoisotopic (exact) mass is 321 g/mol. The van der Waals surface area contributed by atoms with Gasteiger partial charge >= 0.3 is 0 Å². The highest BCUT2D eigenvalue weighted by atomic mass is 32.1. The topological polar surface area (TPSA) is 46.2 Å². The van der Waals surface area contributed by atoms with Gasteiger partial charge in [0.1, 0.15) is 0 Å². The Morgan fingerprint density at radius 3 is 2.09 bits per heavy atom. The number of nitrogens with one attached hydrogen (secondary N) is 1. The Labute approximate surface area is 137 Å². The Hall–Kier alpha value is -1.16. The van der Waals surface area contributed by atoms with Gasteiger partial charge in [-0.3, -0.25) is 9.59 Å². The number of carbonyl (C=O) groups excluding carboxylic acids is 2. The third-order valence-corrected chi connectivity index (χ3v) is 5.22. The number of thiophene rings is 1. The Balaban J connectivity index is 1.92. The lowest BCUT2D eigenvalue weighted by Crippen LogP contribution is -2.22. The fourth-order valence-corrected chi connectivity index (χ4v) is 3.77. The molecule has 2 rings (SSSR count). The van der Waals surface area contributed by atoms with Gasteiger partial charge in [-0.1, -0.05) is 44.9 Å². The number of hydrogen-bond donors (Lipinski definition) is 1. The molecular weight excluding hydrogens is 294 g/mol. The summed E-state index contributed by atoms with van der Waals surface area (Å²) in [6.45, 7) is 0.498. The molecule has 0 aromatic carbocycles. The Morgan fingerprint density at radius 1 is 0.818 bits per heavy atom. The molecule has 122 valence electrons. The van der Waals surface area contributed by atoms with Crippen LogP contribution in [0.1, 0.15) is 85.9 Å². The van der Waals surface area contributed by atoms with Gasteiger partial charge in [0.25, 0.3) is 0 Å². The molecule has 0 radical (unpaired) electrons. The minimum absolute atomic E-state index is 0.108. The number of hydrogen-bond acceptors (Lipinski definition) is 3. The number of fused-ring (bicyclic) bond motifs is 1. The van der Waals surface area contributed by atoms with Crippen molar-refractivity contribution in [3.8, 4) is 0 Å². The molecule has 0 atom stereocenters. The van der Waals surface area contributed by atoms with E-state index in [0.717, 1.165) is 36.1 Å². The van der Waals surface area contributed by atoms with Crippen molar-refractivity contribution in [1.29, 1.82) is 0 Å². The minimum Gasteiger partial charge on any atom is -0.351 e. The van der Waals surface area contributed by atoms with Crippen molar-refractivity contribution in [3.05, 3.63) is 21.9 Å². The van der Waals surface area contributed by atoms with Gasteiger partial charge in [0.05, 0.1) is 6.54 Å². The molecule has 1 N–H and O–H groups in total. The molecule has 2 heterocycles. The van der Waals surface area contributed by atoms with Crippen LogP contribution in [0.2, 0.25) is 0 Å². The zero-order valence-electron chi connectivity index (χ0n) is 13.4. The average molecular weight is 321 g/mol. The minimum atomic E-state index is 0.108. The molecule has 1 aromatic rings. The van der Waals surface area contributed by atoms with E-state index in [0.29, 0.717) is 19.4 Å². The van der Waals surface area contributed by atoms with Gasteiger partial charge in [-0.15, -0.1) is 11.3 Å². The van der Waals surface area contributed by atoms with Crippen molar-refractivity contribution in [1.82, 2.24) is 5.32 Å². The second-order valence-electron chi connectivity index (χ2n) is 6.14. The molecule has 1 amide bonds. The van der Waals surface area contributed by atoms with Crippen molar-refractivity contribution in [2.75, 3.05) is 0 Å².